The first-order chi connectivity index (χ1) is 27.8. The van der Waals surface area contributed by atoms with Crippen LogP contribution in [0.1, 0.15) is 22.6 Å². The molecule has 266 valence electrons. The van der Waals surface area contributed by atoms with Crippen molar-refractivity contribution in [1.29, 1.82) is 0 Å². The molecular weight excluding hydrogens is 685 g/mol. The van der Waals surface area contributed by atoms with Crippen molar-refractivity contribution >= 4 is 28.2 Å². The molecule has 0 saturated carbocycles. The highest BCUT2D eigenvalue weighted by Crippen LogP contribution is 2.54. The molecule has 2 unspecified atom stereocenters. The Morgan fingerprint density at radius 1 is 0.482 bits per heavy atom. The Morgan fingerprint density at radius 2 is 1.04 bits per heavy atom. The molecule has 6 nitrogen and oxygen atoms in total. The maximum Gasteiger partial charge on any atom is 0.162 e. The molecule has 0 spiro atoms. The largest absolute Gasteiger partial charge is 0.272 e. The van der Waals surface area contributed by atoms with Gasteiger partial charge in [0.15, 0.2) is 5.82 Å². The van der Waals surface area contributed by atoms with Crippen molar-refractivity contribution in [2.45, 2.75) is 12.0 Å². The third-order valence-corrected chi connectivity index (χ3v) is 10.8. The number of nitrogens with zero attached hydrogens (tertiary/aromatic N) is 6. The van der Waals surface area contributed by atoms with Gasteiger partial charge in [-0.05, 0) is 105 Å². The molecule has 0 amide bonds. The Labute approximate surface area is 326 Å². The fourth-order valence-corrected chi connectivity index (χ4v) is 8.17. The standard InChI is InChI=1S/C50H36N6/c1-4-10-35(11-5-1)41-20-27-47-46(32-41)48-44(38-12-6-2-7-13-38)25-26-45(39-14-8-3-9-15-39)49(48)56(47)55(42-21-16-36(17-22-42)37-28-30-51-31-29-37)43-23-18-40(19-24-43)50-53-33-52-34-54-50/h1-34,45,49H. The van der Waals surface area contributed by atoms with Gasteiger partial charge in [-0.3, -0.25) is 15.0 Å². The van der Waals surface area contributed by atoms with E-state index in [-0.39, 0.29) is 12.0 Å². The third kappa shape index (κ3) is 6.03. The number of rotatable bonds is 8. The molecule has 0 radical (unpaired) electrons. The maximum atomic E-state index is 4.43. The van der Waals surface area contributed by atoms with Gasteiger partial charge < -0.3 is 0 Å². The Bertz CT molecular complexity index is 2580. The van der Waals surface area contributed by atoms with Gasteiger partial charge in [0.05, 0.1) is 23.1 Å². The molecule has 10 rings (SSSR count). The number of anilines is 3. The van der Waals surface area contributed by atoms with Crippen LogP contribution in [-0.2, 0) is 0 Å². The zero-order valence-corrected chi connectivity index (χ0v) is 30.5. The van der Waals surface area contributed by atoms with Crippen LogP contribution in [-0.4, -0.2) is 26.0 Å². The van der Waals surface area contributed by atoms with E-state index in [1.807, 2.05) is 12.4 Å². The quantitative estimate of drug-likeness (QED) is 0.156. The van der Waals surface area contributed by atoms with E-state index < -0.39 is 0 Å². The Balaban J connectivity index is 1.22. The Morgan fingerprint density at radius 3 is 1.70 bits per heavy atom. The maximum absolute atomic E-state index is 4.43. The van der Waals surface area contributed by atoms with Gasteiger partial charge in [-0.25, -0.2) is 15.0 Å². The Kier molecular flexibility index (Phi) is 8.54. The summed E-state index contributed by atoms with van der Waals surface area (Å²) in [5.41, 5.74) is 15.0. The molecule has 0 fully saturated rings. The first-order valence-corrected chi connectivity index (χ1v) is 18.8. The second-order valence-corrected chi connectivity index (χ2v) is 14.0. The number of pyridine rings is 1. The van der Waals surface area contributed by atoms with Crippen molar-refractivity contribution in [2.75, 3.05) is 10.0 Å². The van der Waals surface area contributed by atoms with Gasteiger partial charge in [0.1, 0.15) is 12.7 Å². The average molecular weight is 721 g/mol. The third-order valence-electron chi connectivity index (χ3n) is 10.8. The molecular formula is C50H36N6. The molecule has 6 aromatic carbocycles. The van der Waals surface area contributed by atoms with Gasteiger partial charge in [-0.15, -0.1) is 0 Å². The first kappa shape index (κ1) is 33.2. The van der Waals surface area contributed by atoms with E-state index in [4.69, 9.17) is 0 Å². The molecule has 2 atom stereocenters. The zero-order chi connectivity index (χ0) is 37.3. The highest BCUT2D eigenvalue weighted by atomic mass is 15.7. The zero-order valence-electron chi connectivity index (χ0n) is 30.5. The van der Waals surface area contributed by atoms with Crippen LogP contribution in [0.2, 0.25) is 0 Å². The fraction of sp³-hybridized carbons (Fsp3) is 0.0400. The van der Waals surface area contributed by atoms with E-state index in [0.29, 0.717) is 5.82 Å². The van der Waals surface area contributed by atoms with Gasteiger partial charge in [0, 0.05) is 29.4 Å². The van der Waals surface area contributed by atoms with Gasteiger partial charge in [-0.2, -0.15) is 0 Å². The second-order valence-electron chi connectivity index (χ2n) is 14.0. The van der Waals surface area contributed by atoms with Crippen LogP contribution in [0.4, 0.5) is 17.1 Å². The molecule has 8 aromatic rings. The van der Waals surface area contributed by atoms with Crippen molar-refractivity contribution in [2.24, 2.45) is 0 Å². The molecule has 0 saturated heterocycles. The summed E-state index contributed by atoms with van der Waals surface area (Å²) in [5.74, 6) is 0.688. The number of aromatic nitrogens is 4. The second kappa shape index (κ2) is 14.4. The lowest BCUT2D eigenvalue weighted by Gasteiger charge is -2.43. The summed E-state index contributed by atoms with van der Waals surface area (Å²) in [7, 11) is 0. The summed E-state index contributed by atoms with van der Waals surface area (Å²) in [4.78, 5) is 17.1. The van der Waals surface area contributed by atoms with Gasteiger partial charge in [0.2, 0.25) is 0 Å². The van der Waals surface area contributed by atoms with Crippen molar-refractivity contribution < 1.29 is 0 Å². The van der Waals surface area contributed by atoms with E-state index in [1.54, 1.807) is 0 Å². The summed E-state index contributed by atoms with van der Waals surface area (Å²) in [6.45, 7) is 0. The number of benzene rings is 6. The summed E-state index contributed by atoms with van der Waals surface area (Å²) in [6.07, 6.45) is 11.5. The SMILES string of the molecule is C1=CC(c2ccccc2)C2C(=C1c1ccccc1)c1cc(-c3ccccc3)ccc1N2N(c1ccc(-c2ccncc2)cc1)c1ccc(-c2ncncn2)cc1. The highest BCUT2D eigenvalue weighted by Gasteiger charge is 2.45. The number of fused-ring (bicyclic) bond motifs is 3. The molecule has 2 aliphatic rings. The highest BCUT2D eigenvalue weighted by molar-refractivity contribution is 6.07. The number of hydrazine groups is 1. The van der Waals surface area contributed by atoms with E-state index in [0.717, 1.165) is 33.8 Å². The molecule has 1 aliphatic heterocycles. The molecule has 56 heavy (non-hydrogen) atoms. The van der Waals surface area contributed by atoms with Crippen LogP contribution in [0.15, 0.2) is 207 Å². The monoisotopic (exact) mass is 720 g/mol. The summed E-state index contributed by atoms with van der Waals surface area (Å²) in [6, 6.07) is 60.8. The predicted octanol–water partition coefficient (Wildman–Crippen LogP) is 11.5. The molecule has 2 aromatic heterocycles. The topological polar surface area (TPSA) is 58.0 Å². The van der Waals surface area contributed by atoms with Crippen molar-refractivity contribution in [3.63, 3.8) is 0 Å². The van der Waals surface area contributed by atoms with Crippen molar-refractivity contribution in [3.05, 3.63) is 224 Å². The van der Waals surface area contributed by atoms with E-state index >= 15 is 0 Å². The predicted molar refractivity (Wildman–Crippen MR) is 227 cm³/mol. The Hall–Kier alpha value is -7.44. The fourth-order valence-electron chi connectivity index (χ4n) is 8.17. The number of hydrogen-bond acceptors (Lipinski definition) is 6. The molecule has 0 bridgehead atoms. The van der Waals surface area contributed by atoms with Crippen LogP contribution in [0.3, 0.4) is 0 Å². The minimum Gasteiger partial charge on any atom is -0.272 e. The molecule has 6 heteroatoms. The van der Waals surface area contributed by atoms with Crippen LogP contribution >= 0.6 is 0 Å². The number of hydrogen-bond donors (Lipinski definition) is 0. The van der Waals surface area contributed by atoms with Crippen LogP contribution in [0.25, 0.3) is 44.8 Å². The van der Waals surface area contributed by atoms with E-state index in [2.05, 4.69) is 212 Å². The summed E-state index contributed by atoms with van der Waals surface area (Å²) in [5, 5.41) is 4.92. The summed E-state index contributed by atoms with van der Waals surface area (Å²) < 4.78 is 0. The van der Waals surface area contributed by atoms with E-state index in [1.165, 1.54) is 51.6 Å². The first-order valence-electron chi connectivity index (χ1n) is 18.8. The average Bonchev–Trinajstić information content (AvgIpc) is 3.62. The lowest BCUT2D eigenvalue weighted by Crippen LogP contribution is -2.47. The van der Waals surface area contributed by atoms with Crippen molar-refractivity contribution in [1.82, 2.24) is 19.9 Å². The van der Waals surface area contributed by atoms with Crippen molar-refractivity contribution in [3.8, 4) is 33.6 Å². The normalized spacial score (nSPS) is 15.7. The lowest BCUT2D eigenvalue weighted by atomic mass is 9.78. The molecule has 3 heterocycles. The van der Waals surface area contributed by atoms with E-state index in [9.17, 15) is 0 Å². The van der Waals surface area contributed by atoms with Crippen LogP contribution in [0, 0.1) is 0 Å². The lowest BCUT2D eigenvalue weighted by molar-refractivity contribution is 0.661. The minimum absolute atomic E-state index is 0.0503. The van der Waals surface area contributed by atoms with Crippen LogP contribution in [0.5, 0.6) is 0 Å². The molecule has 0 N–H and O–H groups in total. The number of allylic oxidation sites excluding steroid dienone is 2. The van der Waals surface area contributed by atoms with Gasteiger partial charge >= 0.3 is 0 Å². The van der Waals surface area contributed by atoms with Gasteiger partial charge in [0.25, 0.3) is 0 Å². The smallest absolute Gasteiger partial charge is 0.162 e. The molecule has 1 aliphatic carbocycles. The van der Waals surface area contributed by atoms with Crippen LogP contribution < -0.4 is 10.0 Å². The van der Waals surface area contributed by atoms with Gasteiger partial charge in [-0.1, -0.05) is 121 Å². The summed E-state index contributed by atoms with van der Waals surface area (Å²) >= 11 is 0. The minimum atomic E-state index is -0.0817.